The highest BCUT2D eigenvalue weighted by atomic mass is 16.6. The van der Waals surface area contributed by atoms with E-state index in [1.807, 2.05) is 0 Å². The molecule has 0 aliphatic heterocycles. The van der Waals surface area contributed by atoms with Crippen LogP contribution in [0, 0.1) is 16.0 Å². The van der Waals surface area contributed by atoms with Crippen molar-refractivity contribution in [3.63, 3.8) is 0 Å². The molecule has 0 saturated carbocycles. The summed E-state index contributed by atoms with van der Waals surface area (Å²) in [4.78, 5) is 45.8. The third kappa shape index (κ3) is 5.87. The third-order valence-corrected chi connectivity index (χ3v) is 3.58. The molecule has 1 aromatic rings. The first-order valence-corrected chi connectivity index (χ1v) is 7.72. The second kappa shape index (κ2) is 8.76. The maximum Gasteiger partial charge on any atom is 0.272 e. The van der Waals surface area contributed by atoms with Crippen molar-refractivity contribution < 1.29 is 19.3 Å². The first kappa shape index (κ1) is 20.1. The van der Waals surface area contributed by atoms with Gasteiger partial charge in [-0.05, 0) is 5.92 Å². The zero-order valence-corrected chi connectivity index (χ0v) is 14.3. The van der Waals surface area contributed by atoms with Crippen molar-refractivity contribution in [2.75, 3.05) is 0 Å². The molecule has 0 saturated heterocycles. The van der Waals surface area contributed by atoms with Crippen LogP contribution in [0.5, 0.6) is 0 Å². The number of hydrogen-bond donors (Lipinski definition) is 3. The van der Waals surface area contributed by atoms with Crippen LogP contribution >= 0.6 is 0 Å². The number of para-hydroxylation sites is 1. The zero-order chi connectivity index (χ0) is 19.1. The standard InChI is InChI=1S/C16H22N4O5/c1-9(2)14(18-10(3)21)16(23)19-12(15(17)22)8-11-6-4-5-7-13(11)20(24)25/h4-7,9,12,14H,8H2,1-3H3,(H2,17,22)(H,18,21)(H,19,23)/t12-,14+/m0/s1. The Morgan fingerprint density at radius 3 is 2.28 bits per heavy atom. The smallest absolute Gasteiger partial charge is 0.272 e. The molecule has 25 heavy (non-hydrogen) atoms. The number of carbonyl (C=O) groups excluding carboxylic acids is 3. The van der Waals surface area contributed by atoms with Gasteiger partial charge in [0.05, 0.1) is 4.92 Å². The first-order chi connectivity index (χ1) is 11.6. The lowest BCUT2D eigenvalue weighted by atomic mass is 10.0. The topological polar surface area (TPSA) is 144 Å². The SMILES string of the molecule is CC(=O)N[C@@H](C(=O)N[C@@H](Cc1ccccc1[N+](=O)[O-])C(N)=O)C(C)C. The van der Waals surface area contributed by atoms with Crippen molar-refractivity contribution in [3.05, 3.63) is 39.9 Å². The Labute approximate surface area is 145 Å². The molecule has 4 N–H and O–H groups in total. The van der Waals surface area contributed by atoms with Gasteiger partial charge in [-0.25, -0.2) is 0 Å². The number of carbonyl (C=O) groups is 3. The quantitative estimate of drug-likeness (QED) is 0.455. The number of benzene rings is 1. The van der Waals surface area contributed by atoms with Crippen LogP contribution in [0.3, 0.4) is 0 Å². The van der Waals surface area contributed by atoms with Crippen molar-refractivity contribution in [2.24, 2.45) is 11.7 Å². The summed E-state index contributed by atoms with van der Waals surface area (Å²) in [7, 11) is 0. The van der Waals surface area contributed by atoms with Gasteiger partial charge in [0.2, 0.25) is 17.7 Å². The van der Waals surface area contributed by atoms with E-state index in [2.05, 4.69) is 10.6 Å². The van der Waals surface area contributed by atoms with Gasteiger partial charge in [-0.2, -0.15) is 0 Å². The van der Waals surface area contributed by atoms with E-state index in [0.29, 0.717) is 0 Å². The normalized spacial score (nSPS) is 13.0. The number of hydrogen-bond acceptors (Lipinski definition) is 5. The molecule has 0 aromatic heterocycles. The summed E-state index contributed by atoms with van der Waals surface area (Å²) >= 11 is 0. The zero-order valence-electron chi connectivity index (χ0n) is 14.3. The third-order valence-electron chi connectivity index (χ3n) is 3.58. The molecule has 1 aromatic carbocycles. The number of rotatable bonds is 8. The number of nitrogens with one attached hydrogen (secondary N) is 2. The molecule has 0 aliphatic carbocycles. The van der Waals surface area contributed by atoms with Crippen LogP contribution in [0.15, 0.2) is 24.3 Å². The van der Waals surface area contributed by atoms with Crippen LogP contribution in [0.2, 0.25) is 0 Å². The van der Waals surface area contributed by atoms with Gasteiger partial charge in [-0.1, -0.05) is 32.0 Å². The molecule has 0 heterocycles. The predicted octanol–water partition coefficient (Wildman–Crippen LogP) is 0.268. The van der Waals surface area contributed by atoms with Gasteiger partial charge >= 0.3 is 0 Å². The molecule has 0 fully saturated rings. The van der Waals surface area contributed by atoms with Gasteiger partial charge in [0, 0.05) is 25.0 Å². The molecular weight excluding hydrogens is 328 g/mol. The summed E-state index contributed by atoms with van der Waals surface area (Å²) in [6.07, 6.45) is -0.122. The van der Waals surface area contributed by atoms with Crippen LogP contribution in [0.25, 0.3) is 0 Å². The number of nitrogens with zero attached hydrogens (tertiary/aromatic N) is 1. The van der Waals surface area contributed by atoms with Crippen molar-refractivity contribution in [1.29, 1.82) is 0 Å². The summed E-state index contributed by atoms with van der Waals surface area (Å²) in [6.45, 7) is 4.75. The highest BCUT2D eigenvalue weighted by molar-refractivity contribution is 5.91. The molecule has 2 atom stereocenters. The van der Waals surface area contributed by atoms with Gasteiger partial charge in [0.1, 0.15) is 12.1 Å². The van der Waals surface area contributed by atoms with E-state index >= 15 is 0 Å². The van der Waals surface area contributed by atoms with Crippen molar-refractivity contribution in [2.45, 2.75) is 39.3 Å². The summed E-state index contributed by atoms with van der Waals surface area (Å²) in [5, 5.41) is 16.0. The molecule has 1 rings (SSSR count). The second-order valence-corrected chi connectivity index (χ2v) is 5.98. The highest BCUT2D eigenvalue weighted by Crippen LogP contribution is 2.19. The van der Waals surface area contributed by atoms with Crippen LogP contribution in [0.1, 0.15) is 26.3 Å². The average Bonchev–Trinajstić information content (AvgIpc) is 2.51. The molecule has 0 unspecified atom stereocenters. The fourth-order valence-electron chi connectivity index (χ4n) is 2.32. The lowest BCUT2D eigenvalue weighted by molar-refractivity contribution is -0.385. The molecule has 0 spiro atoms. The fraction of sp³-hybridized carbons (Fsp3) is 0.438. The van der Waals surface area contributed by atoms with Gasteiger partial charge in [0.25, 0.3) is 5.69 Å². The molecular formula is C16H22N4O5. The van der Waals surface area contributed by atoms with Crippen molar-refractivity contribution >= 4 is 23.4 Å². The first-order valence-electron chi connectivity index (χ1n) is 7.72. The molecule has 0 bridgehead atoms. The van der Waals surface area contributed by atoms with E-state index in [0.717, 1.165) is 0 Å². The molecule has 0 radical (unpaired) electrons. The number of nitrogens with two attached hydrogens (primary N) is 1. The Hall–Kier alpha value is -2.97. The van der Waals surface area contributed by atoms with E-state index in [9.17, 15) is 24.5 Å². The summed E-state index contributed by atoms with van der Waals surface area (Å²) in [6, 6.07) is 3.92. The number of nitro groups is 1. The Bertz CT molecular complexity index is 674. The minimum absolute atomic E-state index is 0.122. The van der Waals surface area contributed by atoms with Crippen LogP contribution < -0.4 is 16.4 Å². The predicted molar refractivity (Wildman–Crippen MR) is 90.4 cm³/mol. The number of primary amides is 1. The Morgan fingerprint density at radius 2 is 1.80 bits per heavy atom. The second-order valence-electron chi connectivity index (χ2n) is 5.98. The molecule has 0 aliphatic rings. The summed E-state index contributed by atoms with van der Waals surface area (Å²) < 4.78 is 0. The maximum absolute atomic E-state index is 12.4. The van der Waals surface area contributed by atoms with E-state index in [1.54, 1.807) is 19.9 Å². The summed E-state index contributed by atoms with van der Waals surface area (Å²) in [5.41, 5.74) is 5.44. The molecule has 9 nitrogen and oxygen atoms in total. The average molecular weight is 350 g/mol. The molecule has 9 heteroatoms. The van der Waals surface area contributed by atoms with Crippen LogP contribution in [0.4, 0.5) is 5.69 Å². The number of nitro benzene ring substituents is 1. The fourth-order valence-corrected chi connectivity index (χ4v) is 2.32. The maximum atomic E-state index is 12.4. The van der Waals surface area contributed by atoms with Crippen molar-refractivity contribution in [3.8, 4) is 0 Å². The minimum atomic E-state index is -1.14. The van der Waals surface area contributed by atoms with E-state index in [-0.39, 0.29) is 29.5 Å². The Kier molecular flexibility index (Phi) is 7.04. The Balaban J connectivity index is 2.98. The lowest BCUT2D eigenvalue weighted by Crippen LogP contribution is -2.55. The van der Waals surface area contributed by atoms with Crippen LogP contribution in [-0.2, 0) is 20.8 Å². The van der Waals surface area contributed by atoms with Crippen molar-refractivity contribution in [1.82, 2.24) is 10.6 Å². The van der Waals surface area contributed by atoms with Gasteiger partial charge in [-0.3, -0.25) is 24.5 Å². The van der Waals surface area contributed by atoms with Gasteiger partial charge in [-0.15, -0.1) is 0 Å². The van der Waals surface area contributed by atoms with Gasteiger partial charge < -0.3 is 16.4 Å². The monoisotopic (exact) mass is 350 g/mol. The minimum Gasteiger partial charge on any atom is -0.368 e. The largest absolute Gasteiger partial charge is 0.368 e. The van der Waals surface area contributed by atoms with Gasteiger partial charge in [0.15, 0.2) is 0 Å². The lowest BCUT2D eigenvalue weighted by Gasteiger charge is -2.24. The van der Waals surface area contributed by atoms with Crippen LogP contribution in [-0.4, -0.2) is 34.7 Å². The van der Waals surface area contributed by atoms with E-state index in [1.165, 1.54) is 25.1 Å². The molecule has 136 valence electrons. The Morgan fingerprint density at radius 1 is 1.20 bits per heavy atom. The van der Waals surface area contributed by atoms with E-state index < -0.39 is 28.8 Å². The highest BCUT2D eigenvalue weighted by Gasteiger charge is 2.28. The molecule has 3 amide bonds. The van der Waals surface area contributed by atoms with E-state index in [4.69, 9.17) is 5.73 Å². The summed E-state index contributed by atoms with van der Waals surface area (Å²) in [5.74, 6) is -2.00. The number of amides is 3.